The first-order valence-electron chi connectivity index (χ1n) is 8.17. The van der Waals surface area contributed by atoms with Crippen LogP contribution in [0.3, 0.4) is 0 Å². The highest BCUT2D eigenvalue weighted by Gasteiger charge is 2.23. The molecule has 148 valence electrons. The molecule has 1 heterocycles. The van der Waals surface area contributed by atoms with Gasteiger partial charge in [0.2, 0.25) is 0 Å². The van der Waals surface area contributed by atoms with Gasteiger partial charge in [0, 0.05) is 24.0 Å². The topological polar surface area (TPSA) is 100 Å². The fraction of sp³-hybridized carbons (Fsp3) is 0.111. The van der Waals surface area contributed by atoms with Crippen LogP contribution >= 0.6 is 0 Å². The Morgan fingerprint density at radius 3 is 2.57 bits per heavy atom. The highest BCUT2D eigenvalue weighted by molar-refractivity contribution is 7.90. The van der Waals surface area contributed by atoms with Crippen LogP contribution in [0.5, 0.6) is 0 Å². The molecule has 0 fully saturated rings. The van der Waals surface area contributed by atoms with Crippen LogP contribution in [0, 0.1) is 5.82 Å². The van der Waals surface area contributed by atoms with Crippen LogP contribution in [0.25, 0.3) is 11.3 Å². The normalized spacial score (nSPS) is 12.7. The van der Waals surface area contributed by atoms with Gasteiger partial charge in [0.05, 0.1) is 10.6 Å². The summed E-state index contributed by atoms with van der Waals surface area (Å²) < 4.78 is 64.0. The van der Waals surface area contributed by atoms with E-state index in [1.165, 1.54) is 48.7 Å². The average molecular weight is 423 g/mol. The molecule has 10 heteroatoms. The van der Waals surface area contributed by atoms with E-state index in [9.17, 15) is 17.0 Å². The minimum absolute atomic E-state index is 0.104. The lowest BCUT2D eigenvalue weighted by molar-refractivity contribution is 0.570. The average Bonchev–Trinajstić information content (AvgIpc) is 3.07. The standard InChI is InChI=1S/C18H18FN3O4S2/c1-20-11-13-9-18(16-7-2-3-8-17(16)19)22(12-13)28(25,26)15-6-4-5-14(10-15)21-27(23)24/h2-10,12,20-21H,11H2,1H3,(H,23,24). The van der Waals surface area contributed by atoms with Crippen molar-refractivity contribution in [1.29, 1.82) is 0 Å². The van der Waals surface area contributed by atoms with Crippen LogP contribution in [-0.2, 0) is 27.8 Å². The zero-order valence-corrected chi connectivity index (χ0v) is 16.4. The largest absolute Gasteiger partial charge is 0.316 e. The summed E-state index contributed by atoms with van der Waals surface area (Å²) in [5, 5.41) is 2.94. The third-order valence-electron chi connectivity index (χ3n) is 3.97. The second-order valence-electron chi connectivity index (χ2n) is 5.92. The fourth-order valence-corrected chi connectivity index (χ4v) is 4.56. The second-order valence-corrected chi connectivity index (χ2v) is 8.44. The van der Waals surface area contributed by atoms with Crippen molar-refractivity contribution in [3.63, 3.8) is 0 Å². The van der Waals surface area contributed by atoms with E-state index in [1.54, 1.807) is 19.2 Å². The highest BCUT2D eigenvalue weighted by Crippen LogP contribution is 2.29. The SMILES string of the molecule is CNCc1cc(-c2ccccc2F)n(S(=O)(=O)c2cccc(NS(=O)O)c2)c1. The molecule has 28 heavy (non-hydrogen) atoms. The Bertz CT molecular complexity index is 1130. The zero-order valence-electron chi connectivity index (χ0n) is 14.8. The van der Waals surface area contributed by atoms with Crippen molar-refractivity contribution in [3.05, 3.63) is 72.2 Å². The van der Waals surface area contributed by atoms with Crippen LogP contribution in [0.1, 0.15) is 5.56 Å². The van der Waals surface area contributed by atoms with Crippen molar-refractivity contribution in [2.24, 2.45) is 0 Å². The monoisotopic (exact) mass is 423 g/mol. The first kappa shape index (κ1) is 20.2. The lowest BCUT2D eigenvalue weighted by Gasteiger charge is -2.12. The minimum Gasteiger partial charge on any atom is -0.316 e. The first-order valence-corrected chi connectivity index (χ1v) is 10.7. The Labute approximate surface area is 164 Å². The summed E-state index contributed by atoms with van der Waals surface area (Å²) in [6.07, 6.45) is 1.43. The molecule has 1 unspecified atom stereocenters. The van der Waals surface area contributed by atoms with Crippen molar-refractivity contribution in [2.45, 2.75) is 11.4 Å². The van der Waals surface area contributed by atoms with Gasteiger partial charge in [-0.2, -0.15) is 0 Å². The van der Waals surface area contributed by atoms with Crippen molar-refractivity contribution in [2.75, 3.05) is 11.8 Å². The summed E-state index contributed by atoms with van der Waals surface area (Å²) in [4.78, 5) is -0.104. The van der Waals surface area contributed by atoms with E-state index in [1.807, 2.05) is 0 Å². The highest BCUT2D eigenvalue weighted by atomic mass is 32.2. The smallest absolute Gasteiger partial charge is 0.268 e. The molecule has 0 aliphatic carbocycles. The minimum atomic E-state index is -4.09. The summed E-state index contributed by atoms with van der Waals surface area (Å²) in [6.45, 7) is 0.398. The number of nitrogens with one attached hydrogen (secondary N) is 2. The van der Waals surface area contributed by atoms with E-state index in [2.05, 4.69) is 10.0 Å². The molecule has 3 rings (SSSR count). The van der Waals surface area contributed by atoms with Crippen LogP contribution in [0.4, 0.5) is 10.1 Å². The maximum absolute atomic E-state index is 14.4. The van der Waals surface area contributed by atoms with Gasteiger partial charge in [-0.05, 0) is 49.0 Å². The van der Waals surface area contributed by atoms with Crippen molar-refractivity contribution < 1.29 is 21.6 Å². The van der Waals surface area contributed by atoms with Gasteiger partial charge in [-0.1, -0.05) is 18.2 Å². The maximum Gasteiger partial charge on any atom is 0.268 e. The molecule has 0 aliphatic rings. The van der Waals surface area contributed by atoms with Crippen LogP contribution < -0.4 is 10.0 Å². The molecule has 0 radical (unpaired) electrons. The predicted octanol–water partition coefficient (Wildman–Crippen LogP) is 2.80. The number of halogens is 1. The molecule has 2 aromatic carbocycles. The second kappa shape index (κ2) is 8.23. The van der Waals surface area contributed by atoms with Crippen LogP contribution in [0.15, 0.2) is 65.7 Å². The van der Waals surface area contributed by atoms with Crippen LogP contribution in [-0.4, -0.2) is 28.2 Å². The molecule has 1 atom stereocenters. The number of hydrogen-bond acceptors (Lipinski definition) is 4. The first-order chi connectivity index (χ1) is 13.3. The molecule has 7 nitrogen and oxygen atoms in total. The lowest BCUT2D eigenvalue weighted by Crippen LogP contribution is -2.14. The molecular formula is C18H18FN3O4S2. The van der Waals surface area contributed by atoms with E-state index < -0.39 is 27.1 Å². The number of rotatable bonds is 7. The van der Waals surface area contributed by atoms with E-state index in [0.29, 0.717) is 12.1 Å². The molecular weight excluding hydrogens is 405 g/mol. The molecule has 0 saturated heterocycles. The molecule has 0 spiro atoms. The third kappa shape index (κ3) is 4.14. The molecule has 0 bridgehead atoms. The summed E-state index contributed by atoms with van der Waals surface area (Å²) >= 11 is -2.34. The van der Waals surface area contributed by atoms with E-state index in [0.717, 1.165) is 3.97 Å². The predicted molar refractivity (Wildman–Crippen MR) is 106 cm³/mol. The Kier molecular flexibility index (Phi) is 5.94. The maximum atomic E-state index is 14.4. The molecule has 1 aromatic heterocycles. The quantitative estimate of drug-likeness (QED) is 0.508. The Hall–Kier alpha value is -2.53. The summed E-state index contributed by atoms with van der Waals surface area (Å²) in [5.74, 6) is -0.542. The number of nitrogens with zero attached hydrogens (tertiary/aromatic N) is 1. The van der Waals surface area contributed by atoms with Crippen molar-refractivity contribution >= 4 is 27.0 Å². The summed E-state index contributed by atoms with van der Waals surface area (Å²) in [7, 11) is -2.37. The lowest BCUT2D eigenvalue weighted by atomic mass is 10.1. The Morgan fingerprint density at radius 1 is 1.14 bits per heavy atom. The zero-order chi connectivity index (χ0) is 20.3. The van der Waals surface area contributed by atoms with Gasteiger partial charge in [0.15, 0.2) is 0 Å². The number of benzene rings is 2. The number of anilines is 1. The van der Waals surface area contributed by atoms with Gasteiger partial charge in [-0.25, -0.2) is 21.0 Å². The number of aromatic nitrogens is 1. The molecule has 0 aliphatic heterocycles. The summed E-state index contributed by atoms with van der Waals surface area (Å²) in [6, 6.07) is 13.1. The van der Waals surface area contributed by atoms with E-state index in [-0.39, 0.29) is 21.8 Å². The van der Waals surface area contributed by atoms with Crippen molar-refractivity contribution in [1.82, 2.24) is 9.29 Å². The van der Waals surface area contributed by atoms with E-state index in [4.69, 9.17) is 4.55 Å². The van der Waals surface area contributed by atoms with Gasteiger partial charge in [-0.3, -0.25) is 9.27 Å². The molecule has 3 N–H and O–H groups in total. The fourth-order valence-electron chi connectivity index (χ4n) is 2.80. The van der Waals surface area contributed by atoms with Crippen LogP contribution in [0.2, 0.25) is 0 Å². The van der Waals surface area contributed by atoms with Crippen molar-refractivity contribution in [3.8, 4) is 11.3 Å². The molecule has 3 aromatic rings. The number of hydrogen-bond donors (Lipinski definition) is 3. The Balaban J connectivity index is 2.16. The van der Waals surface area contributed by atoms with Gasteiger partial charge in [0.1, 0.15) is 5.82 Å². The summed E-state index contributed by atoms with van der Waals surface area (Å²) in [5.41, 5.74) is 1.17. The van der Waals surface area contributed by atoms with Gasteiger partial charge < -0.3 is 5.32 Å². The van der Waals surface area contributed by atoms with Gasteiger partial charge >= 0.3 is 0 Å². The Morgan fingerprint density at radius 2 is 1.89 bits per heavy atom. The van der Waals surface area contributed by atoms with E-state index >= 15 is 0 Å². The van der Waals surface area contributed by atoms with Gasteiger partial charge in [0.25, 0.3) is 21.3 Å². The molecule has 0 amide bonds. The third-order valence-corrected chi connectivity index (χ3v) is 6.05. The molecule has 0 saturated carbocycles. The van der Waals surface area contributed by atoms with Gasteiger partial charge in [-0.15, -0.1) is 0 Å².